The van der Waals surface area contributed by atoms with Crippen LogP contribution in [0.25, 0.3) is 0 Å². The maximum atomic E-state index is 5.64. The fourth-order valence-electron chi connectivity index (χ4n) is 2.07. The molecular weight excluding hydrogens is 322 g/mol. The average Bonchev–Trinajstić information content (AvgIpc) is 2.91. The van der Waals surface area contributed by atoms with E-state index in [2.05, 4.69) is 49.9 Å². The second-order valence-corrected chi connectivity index (χ2v) is 6.50. The van der Waals surface area contributed by atoms with E-state index in [1.807, 2.05) is 17.5 Å². The molecule has 2 aromatic heterocycles. The molecule has 0 spiro atoms. The quantitative estimate of drug-likeness (QED) is 0.601. The molecule has 2 rings (SSSR count). The van der Waals surface area contributed by atoms with Crippen LogP contribution in [0, 0.1) is 0 Å². The smallest absolute Gasteiger partial charge is 0.0410 e. The molecule has 0 aliphatic rings. The molecule has 0 aromatic carbocycles. The number of nitrogens with two attached hydrogens (primary N) is 1. The van der Waals surface area contributed by atoms with Crippen LogP contribution in [0.5, 0.6) is 0 Å². The summed E-state index contributed by atoms with van der Waals surface area (Å²) in [7, 11) is 0. The Labute approximate surface area is 126 Å². The summed E-state index contributed by atoms with van der Waals surface area (Å²) in [5, 5.41) is 2.13. The van der Waals surface area contributed by atoms with Crippen LogP contribution >= 0.6 is 27.3 Å². The number of thiophene rings is 1. The minimum absolute atomic E-state index is 0.302. The molecule has 0 amide bonds. The number of halogens is 1. The number of hydrogen-bond donors (Lipinski definition) is 2. The molecule has 3 nitrogen and oxygen atoms in total. The maximum Gasteiger partial charge on any atom is 0.0410 e. The third-order valence-corrected chi connectivity index (χ3v) is 4.41. The number of aryl methyl sites for hydroxylation is 1. The van der Waals surface area contributed by atoms with Gasteiger partial charge >= 0.3 is 0 Å². The van der Waals surface area contributed by atoms with Crippen LogP contribution in [0.2, 0.25) is 0 Å². The summed E-state index contributed by atoms with van der Waals surface area (Å²) < 4.78 is 1.01. The van der Waals surface area contributed by atoms with E-state index in [9.17, 15) is 0 Å². The first-order valence-electron chi connectivity index (χ1n) is 6.36. The third kappa shape index (κ3) is 5.03. The summed E-state index contributed by atoms with van der Waals surface area (Å²) in [6.07, 6.45) is 7.96. The van der Waals surface area contributed by atoms with E-state index >= 15 is 0 Å². The zero-order valence-electron chi connectivity index (χ0n) is 10.7. The summed E-state index contributed by atoms with van der Waals surface area (Å²) >= 11 is 5.26. The highest BCUT2D eigenvalue weighted by Crippen LogP contribution is 2.15. The molecule has 19 heavy (non-hydrogen) atoms. The largest absolute Gasteiger partial charge is 0.271 e. The van der Waals surface area contributed by atoms with E-state index < -0.39 is 0 Å². The van der Waals surface area contributed by atoms with Gasteiger partial charge in [-0.25, -0.2) is 0 Å². The molecule has 0 saturated heterocycles. The maximum absolute atomic E-state index is 5.64. The van der Waals surface area contributed by atoms with E-state index in [1.54, 1.807) is 6.20 Å². The predicted molar refractivity (Wildman–Crippen MR) is 84.0 cm³/mol. The van der Waals surface area contributed by atoms with Crippen LogP contribution in [-0.4, -0.2) is 11.0 Å². The third-order valence-electron chi connectivity index (χ3n) is 3.04. The van der Waals surface area contributed by atoms with Crippen molar-refractivity contribution in [3.8, 4) is 0 Å². The van der Waals surface area contributed by atoms with E-state index in [0.717, 1.165) is 30.2 Å². The van der Waals surface area contributed by atoms with Gasteiger partial charge in [0.2, 0.25) is 0 Å². The van der Waals surface area contributed by atoms with Gasteiger partial charge in [0.1, 0.15) is 0 Å². The van der Waals surface area contributed by atoms with E-state index in [1.165, 1.54) is 10.4 Å². The molecule has 0 aliphatic carbocycles. The fourth-order valence-corrected chi connectivity index (χ4v) is 3.24. The Morgan fingerprint density at radius 3 is 3.00 bits per heavy atom. The lowest BCUT2D eigenvalue weighted by molar-refractivity contribution is 0.476. The predicted octanol–water partition coefficient (Wildman–Crippen LogP) is 3.30. The van der Waals surface area contributed by atoms with Gasteiger partial charge in [-0.1, -0.05) is 6.07 Å². The zero-order chi connectivity index (χ0) is 13.5. The van der Waals surface area contributed by atoms with Gasteiger partial charge in [-0.3, -0.25) is 16.3 Å². The van der Waals surface area contributed by atoms with Crippen molar-refractivity contribution in [3.05, 3.63) is 50.9 Å². The standard InChI is InChI=1S/C14H18BrN3S/c15-12-7-11(9-17-10-12)8-13(18-16)3-1-4-14-5-2-6-19-14/h2,5-7,9-10,13,18H,1,3-4,8,16H2. The topological polar surface area (TPSA) is 50.9 Å². The van der Waals surface area contributed by atoms with Crippen molar-refractivity contribution in [2.24, 2.45) is 5.84 Å². The van der Waals surface area contributed by atoms with Crippen LogP contribution in [0.1, 0.15) is 23.3 Å². The Kier molecular flexibility index (Phi) is 5.97. The summed E-state index contributed by atoms with van der Waals surface area (Å²) in [6, 6.07) is 6.69. The Hall–Kier alpha value is -0.750. The Balaban J connectivity index is 1.80. The molecule has 0 bridgehead atoms. The number of pyridine rings is 1. The van der Waals surface area contributed by atoms with Crippen molar-refractivity contribution in [3.63, 3.8) is 0 Å². The van der Waals surface area contributed by atoms with Gasteiger partial charge < -0.3 is 0 Å². The second-order valence-electron chi connectivity index (χ2n) is 4.55. The van der Waals surface area contributed by atoms with Gasteiger partial charge in [0.05, 0.1) is 0 Å². The molecule has 1 unspecified atom stereocenters. The number of nitrogens with one attached hydrogen (secondary N) is 1. The van der Waals surface area contributed by atoms with Gasteiger partial charge in [-0.15, -0.1) is 11.3 Å². The molecule has 1 atom stereocenters. The Bertz CT molecular complexity index is 487. The average molecular weight is 340 g/mol. The second kappa shape index (κ2) is 7.75. The summed E-state index contributed by atoms with van der Waals surface area (Å²) in [6.45, 7) is 0. The van der Waals surface area contributed by atoms with Crippen molar-refractivity contribution < 1.29 is 0 Å². The van der Waals surface area contributed by atoms with E-state index in [4.69, 9.17) is 5.84 Å². The minimum atomic E-state index is 0.302. The molecule has 5 heteroatoms. The lowest BCUT2D eigenvalue weighted by atomic mass is 10.0. The lowest BCUT2D eigenvalue weighted by Crippen LogP contribution is -2.36. The molecule has 0 saturated carbocycles. The Morgan fingerprint density at radius 1 is 1.42 bits per heavy atom. The van der Waals surface area contributed by atoms with Crippen molar-refractivity contribution in [2.45, 2.75) is 31.7 Å². The van der Waals surface area contributed by atoms with Crippen LogP contribution in [0.3, 0.4) is 0 Å². The summed E-state index contributed by atoms with van der Waals surface area (Å²) in [5.74, 6) is 5.64. The van der Waals surface area contributed by atoms with E-state index in [0.29, 0.717) is 6.04 Å². The van der Waals surface area contributed by atoms with Gasteiger partial charge in [-0.2, -0.15) is 0 Å². The molecule has 3 N–H and O–H groups in total. The summed E-state index contributed by atoms with van der Waals surface area (Å²) in [4.78, 5) is 5.62. The molecule has 102 valence electrons. The number of hydrogen-bond acceptors (Lipinski definition) is 4. The van der Waals surface area contributed by atoms with Gasteiger partial charge in [0, 0.05) is 27.8 Å². The normalized spacial score (nSPS) is 12.5. The van der Waals surface area contributed by atoms with Crippen molar-refractivity contribution in [2.75, 3.05) is 0 Å². The number of nitrogens with zero attached hydrogens (tertiary/aromatic N) is 1. The van der Waals surface area contributed by atoms with Gasteiger partial charge in [-0.05, 0) is 64.7 Å². The highest BCUT2D eigenvalue weighted by Gasteiger charge is 2.08. The van der Waals surface area contributed by atoms with Crippen LogP contribution in [0.15, 0.2) is 40.4 Å². The Morgan fingerprint density at radius 2 is 2.32 bits per heavy atom. The van der Waals surface area contributed by atoms with Crippen molar-refractivity contribution in [1.29, 1.82) is 0 Å². The van der Waals surface area contributed by atoms with Gasteiger partial charge in [0.25, 0.3) is 0 Å². The monoisotopic (exact) mass is 339 g/mol. The van der Waals surface area contributed by atoms with Crippen LogP contribution < -0.4 is 11.3 Å². The van der Waals surface area contributed by atoms with Crippen LogP contribution in [0.4, 0.5) is 0 Å². The minimum Gasteiger partial charge on any atom is -0.271 e. The summed E-state index contributed by atoms with van der Waals surface area (Å²) in [5.41, 5.74) is 4.11. The van der Waals surface area contributed by atoms with Crippen molar-refractivity contribution in [1.82, 2.24) is 10.4 Å². The zero-order valence-corrected chi connectivity index (χ0v) is 13.1. The molecule has 0 radical (unpaired) electrons. The fraction of sp³-hybridized carbons (Fsp3) is 0.357. The number of aromatic nitrogens is 1. The number of rotatable bonds is 7. The molecule has 0 fully saturated rings. The van der Waals surface area contributed by atoms with Crippen molar-refractivity contribution >= 4 is 27.3 Å². The highest BCUT2D eigenvalue weighted by atomic mass is 79.9. The SMILES string of the molecule is NNC(CCCc1cccs1)Cc1cncc(Br)c1. The molecule has 2 aromatic rings. The number of hydrazine groups is 1. The van der Waals surface area contributed by atoms with E-state index in [-0.39, 0.29) is 0 Å². The first kappa shape index (κ1) is 14.7. The highest BCUT2D eigenvalue weighted by molar-refractivity contribution is 9.10. The molecule has 0 aliphatic heterocycles. The lowest BCUT2D eigenvalue weighted by Gasteiger charge is -2.15. The molecular formula is C14H18BrN3S. The van der Waals surface area contributed by atoms with Crippen LogP contribution in [-0.2, 0) is 12.8 Å². The van der Waals surface area contributed by atoms with Gasteiger partial charge in [0.15, 0.2) is 0 Å². The first-order valence-corrected chi connectivity index (χ1v) is 8.03. The molecule has 2 heterocycles. The first-order chi connectivity index (χ1) is 9.28.